The number of nitrogens with one attached hydrogen (secondary N) is 1. The van der Waals surface area contributed by atoms with E-state index in [1.165, 1.54) is 0 Å². The fraction of sp³-hybridized carbons (Fsp3) is 0.571. The molecule has 6 heteroatoms. The summed E-state index contributed by atoms with van der Waals surface area (Å²) in [5, 5.41) is 2.69. The topological polar surface area (TPSA) is 45.2 Å². The monoisotopic (exact) mass is 281 g/mol. The van der Waals surface area contributed by atoms with Gasteiger partial charge in [-0.15, -0.1) is 0 Å². The van der Waals surface area contributed by atoms with Crippen LogP contribution in [0.5, 0.6) is 0 Å². The fourth-order valence-corrected chi connectivity index (χ4v) is 3.31. The lowest BCUT2D eigenvalue weighted by Crippen LogP contribution is -2.54. The van der Waals surface area contributed by atoms with Gasteiger partial charge in [-0.25, -0.2) is 8.78 Å². The molecule has 2 fully saturated rings. The maximum atomic E-state index is 14.0. The first-order chi connectivity index (χ1) is 9.49. The maximum Gasteiger partial charge on any atom is 0.261 e. The molecule has 0 bridgehead atoms. The number of hydrogen-bond acceptors (Lipinski definition) is 3. The second-order valence-electron chi connectivity index (χ2n) is 5.82. The largest absolute Gasteiger partial charge is 0.356 e. The van der Waals surface area contributed by atoms with Crippen LogP contribution in [0.25, 0.3) is 0 Å². The molecule has 0 aliphatic carbocycles. The molecule has 2 saturated heterocycles. The molecular weight excluding hydrogens is 264 g/mol. The van der Waals surface area contributed by atoms with Crippen LogP contribution in [0.2, 0.25) is 0 Å². The number of nitrogens with zero attached hydrogens (tertiary/aromatic N) is 2. The summed E-state index contributed by atoms with van der Waals surface area (Å²) in [5.74, 6) is -3.04. The zero-order valence-corrected chi connectivity index (χ0v) is 11.1. The molecule has 4 nitrogen and oxygen atoms in total. The molecule has 0 aromatic carbocycles. The predicted molar refractivity (Wildman–Crippen MR) is 69.1 cm³/mol. The maximum absolute atomic E-state index is 14.0. The number of aromatic nitrogens is 1. The van der Waals surface area contributed by atoms with Crippen LogP contribution in [0.1, 0.15) is 18.4 Å². The van der Waals surface area contributed by atoms with Crippen molar-refractivity contribution >= 4 is 5.91 Å². The molecule has 1 spiro atoms. The van der Waals surface area contributed by atoms with E-state index in [2.05, 4.69) is 10.3 Å². The quantitative estimate of drug-likeness (QED) is 0.892. The summed E-state index contributed by atoms with van der Waals surface area (Å²) in [6.07, 6.45) is 3.46. The summed E-state index contributed by atoms with van der Waals surface area (Å²) in [5.41, 5.74) is 0.0145. The Kier molecular flexibility index (Phi) is 3.20. The first-order valence-electron chi connectivity index (χ1n) is 6.77. The molecule has 1 aromatic rings. The number of amides is 1. The number of pyridine rings is 1. The third kappa shape index (κ3) is 2.52. The summed E-state index contributed by atoms with van der Waals surface area (Å²) in [4.78, 5) is 17.6. The Labute approximate surface area is 116 Å². The average molecular weight is 281 g/mol. The number of likely N-dealkylation sites (tertiary alicyclic amines) is 1. The number of carbonyl (C=O) groups excluding carboxylic acids is 1. The van der Waals surface area contributed by atoms with Crippen molar-refractivity contribution < 1.29 is 13.6 Å². The predicted octanol–water partition coefficient (Wildman–Crippen LogP) is 1.43. The molecule has 20 heavy (non-hydrogen) atoms. The molecule has 2 aliphatic heterocycles. The van der Waals surface area contributed by atoms with Crippen LogP contribution < -0.4 is 5.32 Å². The minimum Gasteiger partial charge on any atom is -0.356 e. The highest BCUT2D eigenvalue weighted by Gasteiger charge is 2.54. The van der Waals surface area contributed by atoms with Crippen molar-refractivity contribution in [3.63, 3.8) is 0 Å². The number of rotatable bonds is 2. The zero-order chi connectivity index (χ0) is 14.2. The van der Waals surface area contributed by atoms with E-state index < -0.39 is 11.3 Å². The van der Waals surface area contributed by atoms with Crippen molar-refractivity contribution in [3.8, 4) is 0 Å². The summed E-state index contributed by atoms with van der Waals surface area (Å²) < 4.78 is 28.0. The van der Waals surface area contributed by atoms with Crippen LogP contribution >= 0.6 is 0 Å². The van der Waals surface area contributed by atoms with Gasteiger partial charge in [-0.1, -0.05) is 0 Å². The summed E-state index contributed by atoms with van der Waals surface area (Å²) in [6, 6.07) is 3.63. The Balaban J connectivity index is 1.80. The fourth-order valence-electron chi connectivity index (χ4n) is 3.31. The van der Waals surface area contributed by atoms with E-state index in [-0.39, 0.29) is 18.9 Å². The molecule has 3 rings (SSSR count). The van der Waals surface area contributed by atoms with Crippen molar-refractivity contribution in [3.05, 3.63) is 30.1 Å². The van der Waals surface area contributed by atoms with Gasteiger partial charge in [0.25, 0.3) is 5.92 Å². The molecule has 1 N–H and O–H groups in total. The van der Waals surface area contributed by atoms with Gasteiger partial charge >= 0.3 is 0 Å². The molecule has 0 saturated carbocycles. The summed E-state index contributed by atoms with van der Waals surface area (Å²) in [7, 11) is 0. The van der Waals surface area contributed by atoms with Crippen molar-refractivity contribution in [2.45, 2.75) is 25.3 Å². The molecule has 1 aromatic heterocycles. The van der Waals surface area contributed by atoms with Gasteiger partial charge in [-0.3, -0.25) is 14.7 Å². The van der Waals surface area contributed by atoms with Gasteiger partial charge in [-0.2, -0.15) is 0 Å². The lowest BCUT2D eigenvalue weighted by atomic mass is 9.77. The standard InChI is InChI=1S/C14H17F2N3O/c15-14(16)8-13(3-6-18-12(13)20)9-19(10-14)7-11-1-4-17-5-2-11/h1-2,4-5H,3,6-10H2,(H,18,20). The van der Waals surface area contributed by atoms with Gasteiger partial charge in [0.2, 0.25) is 5.91 Å². The van der Waals surface area contributed by atoms with Crippen LogP contribution in [0.15, 0.2) is 24.5 Å². The number of hydrogen-bond donors (Lipinski definition) is 1. The number of piperidine rings is 1. The van der Waals surface area contributed by atoms with Gasteiger partial charge in [0, 0.05) is 38.4 Å². The van der Waals surface area contributed by atoms with Crippen molar-refractivity contribution in [1.82, 2.24) is 15.2 Å². The van der Waals surface area contributed by atoms with Crippen molar-refractivity contribution in [2.75, 3.05) is 19.6 Å². The van der Waals surface area contributed by atoms with Crippen molar-refractivity contribution in [1.29, 1.82) is 0 Å². The summed E-state index contributed by atoms with van der Waals surface area (Å²) >= 11 is 0. The molecular formula is C14H17F2N3O. The highest BCUT2D eigenvalue weighted by molar-refractivity contribution is 5.85. The Morgan fingerprint density at radius 2 is 2.05 bits per heavy atom. The van der Waals surface area contributed by atoms with E-state index in [4.69, 9.17) is 0 Å². The molecule has 2 aliphatic rings. The third-order valence-electron chi connectivity index (χ3n) is 4.10. The summed E-state index contributed by atoms with van der Waals surface area (Å²) in [6.45, 7) is 1.03. The van der Waals surface area contributed by atoms with Crippen LogP contribution in [0, 0.1) is 5.41 Å². The highest BCUT2D eigenvalue weighted by atomic mass is 19.3. The van der Waals surface area contributed by atoms with Gasteiger partial charge in [0.05, 0.1) is 12.0 Å². The Bertz CT molecular complexity index is 508. The zero-order valence-electron chi connectivity index (χ0n) is 11.1. The van der Waals surface area contributed by atoms with Crippen LogP contribution in [0.4, 0.5) is 8.78 Å². The van der Waals surface area contributed by atoms with E-state index in [0.29, 0.717) is 26.1 Å². The molecule has 1 unspecified atom stereocenters. The molecule has 108 valence electrons. The minimum atomic E-state index is -2.81. The lowest BCUT2D eigenvalue weighted by molar-refractivity contribution is -0.149. The SMILES string of the molecule is O=C1NCCC12CN(Cc1ccncc1)CC(F)(F)C2. The van der Waals surface area contributed by atoms with Crippen LogP contribution in [-0.2, 0) is 11.3 Å². The first kappa shape index (κ1) is 13.4. The Morgan fingerprint density at radius 1 is 1.30 bits per heavy atom. The minimum absolute atomic E-state index is 0.225. The van der Waals surface area contributed by atoms with E-state index in [0.717, 1.165) is 5.56 Å². The van der Waals surface area contributed by atoms with E-state index in [1.54, 1.807) is 17.3 Å². The van der Waals surface area contributed by atoms with Gasteiger partial charge < -0.3 is 5.32 Å². The third-order valence-corrected chi connectivity index (χ3v) is 4.10. The smallest absolute Gasteiger partial charge is 0.261 e. The van der Waals surface area contributed by atoms with E-state index >= 15 is 0 Å². The number of alkyl halides is 2. The Morgan fingerprint density at radius 3 is 2.70 bits per heavy atom. The van der Waals surface area contributed by atoms with E-state index in [1.807, 2.05) is 12.1 Å². The molecule has 1 amide bonds. The Hall–Kier alpha value is -1.56. The molecule has 3 heterocycles. The first-order valence-corrected chi connectivity index (χ1v) is 6.77. The number of carbonyl (C=O) groups is 1. The van der Waals surface area contributed by atoms with E-state index in [9.17, 15) is 13.6 Å². The second-order valence-corrected chi connectivity index (χ2v) is 5.82. The highest BCUT2D eigenvalue weighted by Crippen LogP contribution is 2.43. The van der Waals surface area contributed by atoms with Crippen LogP contribution in [-0.4, -0.2) is 41.3 Å². The lowest BCUT2D eigenvalue weighted by Gasteiger charge is -2.42. The normalized spacial score (nSPS) is 29.6. The van der Waals surface area contributed by atoms with Gasteiger partial charge in [-0.05, 0) is 24.1 Å². The van der Waals surface area contributed by atoms with Gasteiger partial charge in [0.15, 0.2) is 0 Å². The number of halogens is 2. The average Bonchev–Trinajstić information content (AvgIpc) is 2.69. The molecule has 1 atom stereocenters. The van der Waals surface area contributed by atoms with Crippen LogP contribution in [0.3, 0.4) is 0 Å². The van der Waals surface area contributed by atoms with Gasteiger partial charge in [0.1, 0.15) is 0 Å². The molecule has 0 radical (unpaired) electrons. The van der Waals surface area contributed by atoms with Crippen molar-refractivity contribution in [2.24, 2.45) is 5.41 Å². The second kappa shape index (κ2) is 4.77.